The fraction of sp³-hybridized carbons (Fsp3) is 0.308. The number of ketones is 1. The van der Waals surface area contributed by atoms with Gasteiger partial charge in [-0.15, -0.1) is 0 Å². The van der Waals surface area contributed by atoms with Gasteiger partial charge in [0.05, 0.1) is 26.5 Å². The Kier molecular flexibility index (Phi) is 8.54. The van der Waals surface area contributed by atoms with Crippen molar-refractivity contribution in [3.8, 4) is 28.5 Å². The molecule has 34 heavy (non-hydrogen) atoms. The van der Waals surface area contributed by atoms with Gasteiger partial charge in [-0.2, -0.15) is 0 Å². The first-order valence-electron chi connectivity index (χ1n) is 10.8. The molecular formula is C26H27F2NO5. The Morgan fingerprint density at radius 1 is 1.03 bits per heavy atom. The lowest BCUT2D eigenvalue weighted by Crippen LogP contribution is -2.06. The second-order valence-electron chi connectivity index (χ2n) is 7.62. The van der Waals surface area contributed by atoms with Crippen molar-refractivity contribution < 1.29 is 32.9 Å². The van der Waals surface area contributed by atoms with Crippen molar-refractivity contribution in [2.75, 3.05) is 27.4 Å². The fourth-order valence-corrected chi connectivity index (χ4v) is 3.47. The largest absolute Gasteiger partial charge is 0.494 e. The maximum absolute atomic E-state index is 15.1. The Bertz CT molecular complexity index is 1150. The number of ether oxygens (including phenoxy) is 3. The van der Waals surface area contributed by atoms with E-state index >= 15 is 4.39 Å². The van der Waals surface area contributed by atoms with Gasteiger partial charge in [0.15, 0.2) is 17.3 Å². The van der Waals surface area contributed by atoms with Gasteiger partial charge in [0.1, 0.15) is 30.0 Å². The Morgan fingerprint density at radius 2 is 1.76 bits per heavy atom. The minimum atomic E-state index is -1.48. The van der Waals surface area contributed by atoms with E-state index in [0.29, 0.717) is 39.6 Å². The molecule has 1 N–H and O–H groups in total. The zero-order chi connectivity index (χ0) is 24.7. The van der Waals surface area contributed by atoms with Gasteiger partial charge in [-0.1, -0.05) is 0 Å². The van der Waals surface area contributed by atoms with Crippen LogP contribution < -0.4 is 14.2 Å². The zero-order valence-corrected chi connectivity index (χ0v) is 19.3. The summed E-state index contributed by atoms with van der Waals surface area (Å²) < 4.78 is 44.7. The Hall–Kier alpha value is -3.52. The number of aliphatic hydroxyl groups is 1. The first-order valence-corrected chi connectivity index (χ1v) is 10.8. The van der Waals surface area contributed by atoms with Gasteiger partial charge in [0.25, 0.3) is 0 Å². The molecule has 0 aliphatic carbocycles. The van der Waals surface area contributed by atoms with E-state index in [2.05, 4.69) is 4.98 Å². The molecule has 2 aromatic carbocycles. The average Bonchev–Trinajstić information content (AvgIpc) is 2.86. The smallest absolute Gasteiger partial charge is 0.163 e. The molecule has 0 aliphatic heterocycles. The summed E-state index contributed by atoms with van der Waals surface area (Å²) in [5, 5.41) is 8.90. The number of halogens is 2. The van der Waals surface area contributed by atoms with Crippen LogP contribution in [-0.4, -0.2) is 43.3 Å². The number of benzene rings is 2. The van der Waals surface area contributed by atoms with Crippen LogP contribution in [0.2, 0.25) is 0 Å². The number of rotatable bonds is 11. The van der Waals surface area contributed by atoms with Crippen molar-refractivity contribution in [2.45, 2.75) is 25.9 Å². The van der Waals surface area contributed by atoms with Crippen LogP contribution in [0.1, 0.15) is 40.6 Å². The number of aryl methyl sites for hydroxylation is 1. The summed E-state index contributed by atoms with van der Waals surface area (Å²) in [4.78, 5) is 17.1. The molecule has 0 aliphatic rings. The second-order valence-corrected chi connectivity index (χ2v) is 7.62. The van der Waals surface area contributed by atoms with E-state index in [1.54, 1.807) is 37.3 Å². The first kappa shape index (κ1) is 25.1. The molecule has 8 heteroatoms. The van der Waals surface area contributed by atoms with Crippen LogP contribution in [0.15, 0.2) is 48.5 Å². The second kappa shape index (κ2) is 11.6. The molecule has 0 radical (unpaired) electrons. The minimum absolute atomic E-state index is 0.0418. The van der Waals surface area contributed by atoms with E-state index < -0.39 is 6.17 Å². The van der Waals surface area contributed by atoms with E-state index in [1.165, 1.54) is 32.4 Å². The van der Waals surface area contributed by atoms with Gasteiger partial charge >= 0.3 is 0 Å². The van der Waals surface area contributed by atoms with Gasteiger partial charge in [-0.05, 0) is 67.4 Å². The maximum Gasteiger partial charge on any atom is 0.163 e. The van der Waals surface area contributed by atoms with Crippen molar-refractivity contribution in [1.29, 1.82) is 0 Å². The SMILES string of the molecule is COc1cc(C(=O)CCC(F)c2ccc(OC)c(-c3ccc(F)c(C)c3)n2)ccc1OCCO. The average molecular weight is 472 g/mol. The molecule has 0 amide bonds. The van der Waals surface area contributed by atoms with Crippen LogP contribution in [0.4, 0.5) is 8.78 Å². The molecule has 180 valence electrons. The molecule has 0 fully saturated rings. The molecular weight excluding hydrogens is 444 g/mol. The van der Waals surface area contributed by atoms with Crippen LogP contribution in [-0.2, 0) is 0 Å². The normalized spacial score (nSPS) is 11.7. The minimum Gasteiger partial charge on any atom is -0.494 e. The number of hydrogen-bond acceptors (Lipinski definition) is 6. The maximum atomic E-state index is 15.1. The number of nitrogens with zero attached hydrogens (tertiary/aromatic N) is 1. The number of Topliss-reactive ketones (excluding diaryl/α,β-unsaturated/α-hetero) is 1. The summed E-state index contributed by atoms with van der Waals surface area (Å²) in [5.74, 6) is 0.603. The van der Waals surface area contributed by atoms with Crippen LogP contribution in [0.5, 0.6) is 17.2 Å². The zero-order valence-electron chi connectivity index (χ0n) is 19.3. The van der Waals surface area contributed by atoms with Gasteiger partial charge in [0, 0.05) is 17.5 Å². The molecule has 3 rings (SSSR count). The molecule has 1 heterocycles. The lowest BCUT2D eigenvalue weighted by Gasteiger charge is -2.14. The summed E-state index contributed by atoms with van der Waals surface area (Å²) in [6.45, 7) is 1.59. The Balaban J connectivity index is 1.74. The van der Waals surface area contributed by atoms with Crippen LogP contribution in [0.25, 0.3) is 11.3 Å². The summed E-state index contributed by atoms with van der Waals surface area (Å²) in [6.07, 6.45) is -1.59. The molecule has 1 aromatic heterocycles. The lowest BCUT2D eigenvalue weighted by molar-refractivity contribution is 0.0967. The van der Waals surface area contributed by atoms with Crippen molar-refractivity contribution in [3.05, 3.63) is 71.2 Å². The third kappa shape index (κ3) is 5.88. The monoisotopic (exact) mass is 471 g/mol. The predicted octanol–water partition coefficient (Wildman–Crippen LogP) is 5.26. The number of aromatic nitrogens is 1. The molecule has 1 unspecified atom stereocenters. The third-order valence-corrected chi connectivity index (χ3v) is 5.31. The molecule has 0 bridgehead atoms. The van der Waals surface area contributed by atoms with Gasteiger partial charge in [-0.3, -0.25) is 4.79 Å². The number of aliphatic hydroxyl groups excluding tert-OH is 1. The number of methoxy groups -OCH3 is 2. The molecule has 0 spiro atoms. The molecule has 0 saturated heterocycles. The highest BCUT2D eigenvalue weighted by molar-refractivity contribution is 5.96. The molecule has 6 nitrogen and oxygen atoms in total. The van der Waals surface area contributed by atoms with Gasteiger partial charge in [-0.25, -0.2) is 13.8 Å². The molecule has 3 aromatic rings. The first-order chi connectivity index (χ1) is 16.4. The summed E-state index contributed by atoms with van der Waals surface area (Å²) in [7, 11) is 2.93. The topological polar surface area (TPSA) is 77.9 Å². The van der Waals surface area contributed by atoms with E-state index in [0.717, 1.165) is 0 Å². The highest BCUT2D eigenvalue weighted by atomic mass is 19.1. The molecule has 0 saturated carbocycles. The number of carbonyl (C=O) groups is 1. The number of carbonyl (C=O) groups excluding carboxylic acids is 1. The van der Waals surface area contributed by atoms with Crippen molar-refractivity contribution in [3.63, 3.8) is 0 Å². The van der Waals surface area contributed by atoms with Gasteiger partial charge < -0.3 is 19.3 Å². The van der Waals surface area contributed by atoms with Crippen LogP contribution in [0, 0.1) is 12.7 Å². The van der Waals surface area contributed by atoms with Crippen LogP contribution >= 0.6 is 0 Å². The lowest BCUT2D eigenvalue weighted by atomic mass is 10.0. The summed E-state index contributed by atoms with van der Waals surface area (Å²) in [5.41, 5.74) is 1.98. The van der Waals surface area contributed by atoms with E-state index in [9.17, 15) is 9.18 Å². The predicted molar refractivity (Wildman–Crippen MR) is 124 cm³/mol. The highest BCUT2D eigenvalue weighted by Gasteiger charge is 2.19. The standard InChI is InChI=1S/C26H27F2NO5/c1-16-14-18(4-6-19(16)27)26-24(32-2)11-8-21(29-26)20(28)7-9-22(31)17-5-10-23(34-13-12-30)25(15-17)33-3/h4-6,8,10-11,14-15,20,30H,7,9,12-13H2,1-3H3. The summed E-state index contributed by atoms with van der Waals surface area (Å²) in [6, 6.07) is 12.3. The highest BCUT2D eigenvalue weighted by Crippen LogP contribution is 2.33. The third-order valence-electron chi connectivity index (χ3n) is 5.31. The van der Waals surface area contributed by atoms with E-state index in [-0.39, 0.29) is 43.3 Å². The van der Waals surface area contributed by atoms with E-state index in [1.807, 2.05) is 0 Å². The Labute approximate surface area is 197 Å². The van der Waals surface area contributed by atoms with Crippen molar-refractivity contribution in [2.24, 2.45) is 0 Å². The molecule has 1 atom stereocenters. The van der Waals surface area contributed by atoms with Crippen molar-refractivity contribution >= 4 is 5.78 Å². The number of hydrogen-bond donors (Lipinski definition) is 1. The summed E-state index contributed by atoms with van der Waals surface area (Å²) >= 11 is 0. The number of pyridine rings is 1. The van der Waals surface area contributed by atoms with E-state index in [4.69, 9.17) is 19.3 Å². The quantitative estimate of drug-likeness (QED) is 0.385. The fourth-order valence-electron chi connectivity index (χ4n) is 3.47. The Morgan fingerprint density at radius 3 is 2.44 bits per heavy atom. The van der Waals surface area contributed by atoms with Crippen molar-refractivity contribution in [1.82, 2.24) is 4.98 Å². The number of alkyl halides is 1. The van der Waals surface area contributed by atoms with Crippen LogP contribution in [0.3, 0.4) is 0 Å². The van der Waals surface area contributed by atoms with Gasteiger partial charge in [0.2, 0.25) is 0 Å².